The number of amides is 1. The molecule has 0 spiro atoms. The molecule has 0 N–H and O–H groups in total. The van der Waals surface area contributed by atoms with Crippen LogP contribution >= 0.6 is 0 Å². The Kier molecular flexibility index (Phi) is 5.17. The van der Waals surface area contributed by atoms with Crippen molar-refractivity contribution < 1.29 is 19.1 Å². The largest absolute Gasteiger partial charge is 0.461 e. The van der Waals surface area contributed by atoms with Gasteiger partial charge in [-0.15, -0.1) is 0 Å². The van der Waals surface area contributed by atoms with Crippen molar-refractivity contribution in [3.8, 4) is 6.07 Å². The van der Waals surface area contributed by atoms with Gasteiger partial charge in [-0.25, -0.2) is 9.59 Å². The minimum Gasteiger partial charge on any atom is -0.461 e. The Bertz CT molecular complexity index is 666. The van der Waals surface area contributed by atoms with E-state index in [2.05, 4.69) is 0 Å². The molecule has 2 heterocycles. The fraction of sp³-hybridized carbons (Fsp3) is 0.588. The van der Waals surface area contributed by atoms with Crippen molar-refractivity contribution in [2.24, 2.45) is 0 Å². The lowest BCUT2D eigenvalue weighted by Gasteiger charge is -2.24. The van der Waals surface area contributed by atoms with Crippen molar-refractivity contribution in [2.45, 2.75) is 45.8 Å². The molecule has 1 amide bonds. The molecule has 7 nitrogen and oxygen atoms in total. The Balaban J connectivity index is 2.17. The Morgan fingerprint density at radius 3 is 2.71 bits per heavy atom. The number of aromatic nitrogens is 1. The van der Waals surface area contributed by atoms with Crippen molar-refractivity contribution in [2.75, 3.05) is 19.7 Å². The summed E-state index contributed by atoms with van der Waals surface area (Å²) >= 11 is 0. The summed E-state index contributed by atoms with van der Waals surface area (Å²) in [6.45, 7) is 8.40. The highest BCUT2D eigenvalue weighted by atomic mass is 16.6. The van der Waals surface area contributed by atoms with E-state index in [9.17, 15) is 14.9 Å². The molecule has 1 aliphatic rings. The molecular weight excluding hydrogens is 310 g/mol. The molecule has 1 aliphatic heterocycles. The number of carbonyl (C=O) groups excluding carboxylic acids is 2. The average molecular weight is 333 g/mol. The Hall–Kier alpha value is -2.49. The van der Waals surface area contributed by atoms with E-state index >= 15 is 0 Å². The van der Waals surface area contributed by atoms with Crippen LogP contribution in [0.4, 0.5) is 4.79 Å². The summed E-state index contributed by atoms with van der Waals surface area (Å²) in [4.78, 5) is 26.0. The monoisotopic (exact) mass is 333 g/mol. The SMILES string of the molecule is CCOC(=O)c1c(C#N)ccn1[C@H]1CCN(C(=O)OC(C)(C)C)C1. The standard InChI is InChI=1S/C17H23N3O4/c1-5-23-15(21)14-12(10-18)6-9-20(14)13-7-8-19(11-13)16(22)24-17(2,3)4/h6,9,13H,5,7-8,11H2,1-4H3/t13-/m0/s1. The quantitative estimate of drug-likeness (QED) is 0.794. The minimum absolute atomic E-state index is 0.0842. The molecule has 1 atom stereocenters. The predicted molar refractivity (Wildman–Crippen MR) is 86.6 cm³/mol. The number of nitrogens with zero attached hydrogens (tertiary/aromatic N) is 3. The first-order chi connectivity index (χ1) is 11.3. The van der Waals surface area contributed by atoms with Crippen LogP contribution in [0.1, 0.15) is 56.2 Å². The molecule has 1 aromatic rings. The molecule has 0 bridgehead atoms. The summed E-state index contributed by atoms with van der Waals surface area (Å²) in [5.74, 6) is -0.519. The number of likely N-dealkylation sites (tertiary alicyclic amines) is 1. The highest BCUT2D eigenvalue weighted by Crippen LogP contribution is 2.27. The molecule has 0 radical (unpaired) electrons. The highest BCUT2D eigenvalue weighted by molar-refractivity contribution is 5.90. The van der Waals surface area contributed by atoms with Crippen LogP contribution in [0.5, 0.6) is 0 Å². The number of esters is 1. The zero-order chi connectivity index (χ0) is 17.9. The second-order valence-corrected chi connectivity index (χ2v) is 6.69. The molecule has 1 aromatic heterocycles. The molecule has 0 aromatic carbocycles. The van der Waals surface area contributed by atoms with Crippen LogP contribution in [0.3, 0.4) is 0 Å². The fourth-order valence-corrected chi connectivity index (χ4v) is 2.72. The summed E-state index contributed by atoms with van der Waals surface area (Å²) in [6.07, 6.45) is 2.02. The first-order valence-electron chi connectivity index (χ1n) is 8.02. The minimum atomic E-state index is -0.549. The zero-order valence-corrected chi connectivity index (χ0v) is 14.5. The molecule has 0 unspecified atom stereocenters. The summed E-state index contributed by atoms with van der Waals surface area (Å²) in [7, 11) is 0. The van der Waals surface area contributed by atoms with Gasteiger partial charge in [0.2, 0.25) is 0 Å². The van der Waals surface area contributed by atoms with Gasteiger partial charge in [0.05, 0.1) is 18.2 Å². The third-order valence-electron chi connectivity index (χ3n) is 3.71. The molecule has 1 fully saturated rings. The van der Waals surface area contributed by atoms with Gasteiger partial charge in [0.25, 0.3) is 0 Å². The maximum atomic E-state index is 12.2. The summed E-state index contributed by atoms with van der Waals surface area (Å²) in [5, 5.41) is 9.20. The van der Waals surface area contributed by atoms with Crippen molar-refractivity contribution >= 4 is 12.1 Å². The number of hydrogen-bond acceptors (Lipinski definition) is 5. The molecule has 0 aliphatic carbocycles. The third kappa shape index (κ3) is 3.88. The summed E-state index contributed by atoms with van der Waals surface area (Å²) in [6, 6.07) is 3.53. The zero-order valence-electron chi connectivity index (χ0n) is 14.5. The molecule has 2 rings (SSSR count). The van der Waals surface area contributed by atoms with E-state index in [1.807, 2.05) is 26.8 Å². The normalized spacial score (nSPS) is 17.5. The molecule has 130 valence electrons. The number of ether oxygens (including phenoxy) is 2. The van der Waals surface area contributed by atoms with Gasteiger partial charge in [0.15, 0.2) is 0 Å². The lowest BCUT2D eigenvalue weighted by atomic mass is 10.2. The van der Waals surface area contributed by atoms with Crippen LogP contribution in [0, 0.1) is 11.3 Å². The van der Waals surface area contributed by atoms with Crippen LogP contribution in [0.25, 0.3) is 0 Å². The van der Waals surface area contributed by atoms with E-state index < -0.39 is 11.6 Å². The first-order valence-corrected chi connectivity index (χ1v) is 8.02. The highest BCUT2D eigenvalue weighted by Gasteiger charge is 2.33. The van der Waals surface area contributed by atoms with Crippen molar-refractivity contribution in [3.05, 3.63) is 23.5 Å². The van der Waals surface area contributed by atoms with Crippen LogP contribution < -0.4 is 0 Å². The molecule has 1 saturated heterocycles. The van der Waals surface area contributed by atoms with Crippen molar-refractivity contribution in [1.82, 2.24) is 9.47 Å². The van der Waals surface area contributed by atoms with E-state index in [1.165, 1.54) is 0 Å². The maximum absolute atomic E-state index is 12.2. The van der Waals surface area contributed by atoms with E-state index in [-0.39, 0.29) is 30.0 Å². The summed E-state index contributed by atoms with van der Waals surface area (Å²) in [5.41, 5.74) is -0.0216. The van der Waals surface area contributed by atoms with E-state index in [4.69, 9.17) is 9.47 Å². The topological polar surface area (TPSA) is 84.6 Å². The van der Waals surface area contributed by atoms with Gasteiger partial charge >= 0.3 is 12.1 Å². The molecule has 24 heavy (non-hydrogen) atoms. The summed E-state index contributed by atoms with van der Waals surface area (Å²) < 4.78 is 12.2. The van der Waals surface area contributed by atoms with Gasteiger partial charge in [-0.2, -0.15) is 5.26 Å². The predicted octanol–water partition coefficient (Wildman–Crippen LogP) is 2.72. The van der Waals surface area contributed by atoms with Gasteiger partial charge in [-0.3, -0.25) is 0 Å². The van der Waals surface area contributed by atoms with Crippen LogP contribution in [0.15, 0.2) is 12.3 Å². The van der Waals surface area contributed by atoms with Gasteiger partial charge in [0.1, 0.15) is 17.4 Å². The van der Waals surface area contributed by atoms with Gasteiger partial charge in [-0.1, -0.05) is 0 Å². The lowest BCUT2D eigenvalue weighted by molar-refractivity contribution is 0.0289. The first kappa shape index (κ1) is 17.9. The number of nitriles is 1. The van der Waals surface area contributed by atoms with Crippen molar-refractivity contribution in [1.29, 1.82) is 5.26 Å². The molecule has 0 saturated carbocycles. The number of hydrogen-bond donors (Lipinski definition) is 0. The Labute approximate surface area is 141 Å². The van der Waals surface area contributed by atoms with E-state index in [0.717, 1.165) is 0 Å². The van der Waals surface area contributed by atoms with Crippen molar-refractivity contribution in [3.63, 3.8) is 0 Å². The lowest BCUT2D eigenvalue weighted by Crippen LogP contribution is -2.35. The molecule has 7 heteroatoms. The van der Waals surface area contributed by atoms with E-state index in [0.29, 0.717) is 19.5 Å². The third-order valence-corrected chi connectivity index (χ3v) is 3.71. The van der Waals surface area contributed by atoms with Crippen LogP contribution in [-0.4, -0.2) is 46.8 Å². The second-order valence-electron chi connectivity index (χ2n) is 6.69. The van der Waals surface area contributed by atoms with Crippen LogP contribution in [-0.2, 0) is 9.47 Å². The number of rotatable bonds is 3. The molecular formula is C17H23N3O4. The second kappa shape index (κ2) is 6.95. The van der Waals surface area contributed by atoms with Gasteiger partial charge < -0.3 is 18.9 Å². The van der Waals surface area contributed by atoms with E-state index in [1.54, 1.807) is 28.7 Å². The number of carbonyl (C=O) groups is 2. The van der Waals surface area contributed by atoms with Gasteiger partial charge in [-0.05, 0) is 40.2 Å². The smallest absolute Gasteiger partial charge is 0.410 e. The van der Waals surface area contributed by atoms with Gasteiger partial charge in [0, 0.05) is 19.3 Å². The van der Waals surface area contributed by atoms with Crippen LogP contribution in [0.2, 0.25) is 0 Å². The maximum Gasteiger partial charge on any atom is 0.410 e. The fourth-order valence-electron chi connectivity index (χ4n) is 2.72. The Morgan fingerprint density at radius 2 is 2.12 bits per heavy atom. The average Bonchev–Trinajstić information content (AvgIpc) is 3.12. The Morgan fingerprint density at radius 1 is 1.42 bits per heavy atom.